The largest absolute Gasteiger partial charge is 0.419 e. The summed E-state index contributed by atoms with van der Waals surface area (Å²) in [6.07, 6.45) is 18.4. The van der Waals surface area contributed by atoms with Crippen LogP contribution in [0.15, 0.2) is 248 Å². The van der Waals surface area contributed by atoms with Gasteiger partial charge in [0.2, 0.25) is 27.8 Å². The number of rotatable bonds is 1. The molecule has 0 bridgehead atoms. The first-order valence-electron chi connectivity index (χ1n) is 40.3. The Balaban J connectivity index is 0.0000000889. The zero-order valence-electron chi connectivity index (χ0n) is 68.0. The third kappa shape index (κ3) is 8.59. The van der Waals surface area contributed by atoms with E-state index in [4.69, 9.17) is 16.8 Å². The molecule has 108 heavy (non-hydrogen) atoms. The first-order valence-corrected chi connectivity index (χ1v) is 36.7. The highest BCUT2D eigenvalue weighted by atomic mass is 32.1. The maximum atomic E-state index is 8.13. The number of hydrogen-bond donors (Lipinski definition) is 0. The molecule has 26 rings (SSSR count). The topological polar surface area (TPSA) is 136 Å². The molecule has 5 aliphatic rings. The van der Waals surface area contributed by atoms with E-state index in [1.807, 2.05) is 119 Å². The predicted molar refractivity (Wildman–Crippen MR) is 422 cm³/mol. The zero-order valence-corrected chi connectivity index (χ0v) is 59.8. The first kappa shape index (κ1) is 53.3. The van der Waals surface area contributed by atoms with Crippen LogP contribution in [0, 0.1) is 0 Å². The normalized spacial score (nSPS) is 14.5. The van der Waals surface area contributed by atoms with Crippen LogP contribution in [0.2, 0.25) is 0 Å². The van der Waals surface area contributed by atoms with Crippen molar-refractivity contribution in [2.45, 2.75) is 32.7 Å². The molecule has 0 radical (unpaired) electrons. The lowest BCUT2D eigenvalue weighted by atomic mass is 10.2. The van der Waals surface area contributed by atoms with Crippen molar-refractivity contribution < 1.29 is 39.6 Å². The average molecular weight is 1440 g/mol. The van der Waals surface area contributed by atoms with Gasteiger partial charge in [0.15, 0.2) is 22.1 Å². The van der Waals surface area contributed by atoms with Crippen molar-refractivity contribution in [2.75, 3.05) is 0 Å². The van der Waals surface area contributed by atoms with Crippen LogP contribution < -0.4 is 22.8 Å². The smallest absolute Gasteiger partial charge is 0.339 e. The van der Waals surface area contributed by atoms with Gasteiger partial charge in [-0.3, -0.25) is 34.1 Å². The van der Waals surface area contributed by atoms with Crippen LogP contribution in [0.3, 0.4) is 0 Å². The summed E-state index contributed by atoms with van der Waals surface area (Å²) in [5.41, 5.74) is 24.8. The van der Waals surface area contributed by atoms with E-state index in [1.165, 1.54) is 119 Å². The molecular formula is C88H71N18OS+5. The van der Waals surface area contributed by atoms with Gasteiger partial charge in [0.05, 0.1) is 130 Å². The van der Waals surface area contributed by atoms with E-state index >= 15 is 0 Å². The quantitative estimate of drug-likeness (QED) is 0.150. The molecule has 0 saturated carbocycles. The van der Waals surface area contributed by atoms with E-state index in [2.05, 4.69) is 198 Å². The second-order valence-corrected chi connectivity index (χ2v) is 29.2. The summed E-state index contributed by atoms with van der Waals surface area (Å²) >= 11 is 1.87. The Labute approximate surface area is 634 Å². The molecular weight excluding hydrogens is 1360 g/mol. The van der Waals surface area contributed by atoms with Crippen molar-refractivity contribution in [1.82, 2.24) is 61.5 Å². The number of furan rings is 1. The third-order valence-electron chi connectivity index (χ3n) is 22.5. The maximum Gasteiger partial charge on any atom is 0.339 e. The number of aryl methyl sites for hydroxylation is 7. The van der Waals surface area contributed by atoms with Crippen molar-refractivity contribution >= 4 is 120 Å². The summed E-state index contributed by atoms with van der Waals surface area (Å²) in [7, 11) is 8.32. The molecule has 0 saturated heterocycles. The first-order chi connectivity index (χ1) is 56.7. The van der Waals surface area contributed by atoms with Crippen molar-refractivity contribution in [3.05, 3.63) is 272 Å². The van der Waals surface area contributed by atoms with Gasteiger partial charge in [-0.1, -0.05) is 90.2 Å². The number of thiophene rings is 1. The van der Waals surface area contributed by atoms with Gasteiger partial charge in [-0.05, 0) is 103 Å². The lowest BCUT2D eigenvalue weighted by Gasteiger charge is -2.03. The molecule has 6 aromatic carbocycles. The number of imidazole rings is 5. The minimum absolute atomic E-state index is 0.189. The number of para-hydroxylation sites is 5. The van der Waals surface area contributed by atoms with Gasteiger partial charge in [-0.15, -0.1) is 0 Å². The fraction of sp³-hybridized carbons (Fsp3) is 0.136. The van der Waals surface area contributed by atoms with Crippen LogP contribution in [-0.4, -0.2) is 61.5 Å². The van der Waals surface area contributed by atoms with Crippen LogP contribution in [0.1, 0.15) is 40.2 Å². The monoisotopic (exact) mass is 1440 g/mol. The van der Waals surface area contributed by atoms with Crippen LogP contribution in [0.4, 0.5) is 0 Å². The summed E-state index contributed by atoms with van der Waals surface area (Å²) in [6, 6.07) is 61.3. The molecule has 0 unspecified atom stereocenters. The Hall–Kier alpha value is -13.5. The Kier molecular flexibility index (Phi) is 11.5. The molecule has 20 heteroatoms. The van der Waals surface area contributed by atoms with Crippen LogP contribution in [-0.2, 0) is 81.8 Å². The van der Waals surface area contributed by atoms with Gasteiger partial charge in [0, 0.05) is 99.9 Å². The van der Waals surface area contributed by atoms with Gasteiger partial charge in [0.25, 0.3) is 28.6 Å². The van der Waals surface area contributed by atoms with Crippen LogP contribution >= 0.6 is 11.3 Å². The molecule has 5 aliphatic heterocycles. The number of pyridine rings is 5. The summed E-state index contributed by atoms with van der Waals surface area (Å²) in [5.74, 6) is 4.97. The molecule has 0 N–H and O–H groups in total. The van der Waals surface area contributed by atoms with Crippen molar-refractivity contribution in [3.63, 3.8) is 0 Å². The van der Waals surface area contributed by atoms with Gasteiger partial charge in [-0.2, -0.15) is 4.57 Å². The summed E-state index contributed by atoms with van der Waals surface area (Å²) in [4.78, 5) is 22.5. The molecule has 0 fully saturated rings. The predicted octanol–water partition coefficient (Wildman–Crippen LogP) is 14.3. The summed E-state index contributed by atoms with van der Waals surface area (Å²) in [5, 5.41) is 5.60. The lowest BCUT2D eigenvalue weighted by Crippen LogP contribution is -2.31. The lowest BCUT2D eigenvalue weighted by molar-refractivity contribution is -0.640. The highest BCUT2D eigenvalue weighted by Gasteiger charge is 2.41. The van der Waals surface area contributed by atoms with Gasteiger partial charge in [0.1, 0.15) is 40.9 Å². The fourth-order valence-electron chi connectivity index (χ4n) is 18.0. The van der Waals surface area contributed by atoms with E-state index in [0.717, 1.165) is 85.6 Å². The highest BCUT2D eigenvalue weighted by molar-refractivity contribution is 7.25. The highest BCUT2D eigenvalue weighted by Crippen LogP contribution is 2.44. The van der Waals surface area contributed by atoms with Gasteiger partial charge < -0.3 is 4.42 Å². The Bertz CT molecular complexity index is 7620. The molecule has 15 aromatic heterocycles. The van der Waals surface area contributed by atoms with E-state index < -0.39 is 20.9 Å². The van der Waals surface area contributed by atoms with E-state index in [9.17, 15) is 0 Å². The van der Waals surface area contributed by atoms with E-state index in [1.54, 1.807) is 36.8 Å². The minimum Gasteiger partial charge on any atom is -0.419 e. The zero-order chi connectivity index (χ0) is 79.6. The molecule has 0 aliphatic carbocycles. The van der Waals surface area contributed by atoms with Crippen LogP contribution in [0.5, 0.6) is 0 Å². The number of nitrogens with zero attached hydrogens (tertiary/aromatic N) is 18. The molecule has 0 atom stereocenters. The maximum absolute atomic E-state index is 8.13. The van der Waals surface area contributed by atoms with Gasteiger partial charge >= 0.3 is 5.71 Å². The minimum atomic E-state index is -2.54. The molecule has 0 spiro atoms. The van der Waals surface area contributed by atoms with E-state index in [0.29, 0.717) is 35.3 Å². The third-order valence-corrected chi connectivity index (χ3v) is 23.8. The second kappa shape index (κ2) is 23.3. The number of hydrogen-bond acceptors (Lipinski definition) is 7. The molecule has 0 amide bonds. The molecule has 21 aromatic rings. The number of fused-ring (bicyclic) bond motifs is 35. The summed E-state index contributed by atoms with van der Waals surface area (Å²) < 4.78 is 106. The second-order valence-electron chi connectivity index (χ2n) is 28.2. The SMILES string of the molecule is C[n+]1c2n(c3c4ccccc4n(-c4ccccc4)c31)Cc1cnccc1-2.C[n+]1c2n(c3c4ccccc4oc31)Cc1cnccc1-2.C[n+]1c2n(c3c4ccccc4sc31)Cc1cnccc1-2.[2H]C([2H])([2H])[n+]1c2n(c3c4ccccc4n(C)c31)Cc1cnccc1-2.[2H]C([2H])([2H])n1c2ccccc2c2c1[n+](C([2H])([2H])[2H])c1n2Cc2cnccc2-1. The Morgan fingerprint density at radius 2 is 0.750 bits per heavy atom. The van der Waals surface area contributed by atoms with Crippen molar-refractivity contribution in [1.29, 1.82) is 0 Å². The van der Waals surface area contributed by atoms with E-state index in [-0.39, 0.29) is 5.65 Å². The van der Waals surface area contributed by atoms with Gasteiger partial charge in [-0.25, -0.2) is 45.7 Å². The van der Waals surface area contributed by atoms with Crippen molar-refractivity contribution in [3.8, 4) is 62.6 Å². The average Bonchev–Trinajstić information content (AvgIpc) is 1.52. The van der Waals surface area contributed by atoms with Crippen LogP contribution in [0.25, 0.3) is 171 Å². The molecule has 20 heterocycles. The standard InChI is InChI=1S/C22H17N4.2C17H15N4.C16H12N3O.C16H12N3S/c1-24-21-17-11-12-23-13-15(17)14-25(21)20-18-9-5-6-10-19(18)26(22(20)24)16-7-3-2-4-8-16;2*1-19-14-6-4-3-5-13(14)15-17(19)20(2)16-12-7-8-18-9-11(12)10-21(15)16;2*1-18-15-11-6-7-17-8-10(11)9-19(15)14-12-4-2-3-5-13(12)20-16(14)18/h2-13H,14H2,1H3;2*3-9H,10H2,1-2H3;2*2-8H,9H2,1H3/q5*+1/i;1D3,2D3;2D3;;. The summed E-state index contributed by atoms with van der Waals surface area (Å²) in [6.45, 7) is -3.56. The Morgan fingerprint density at radius 1 is 0.361 bits per heavy atom. The molecule has 19 nitrogen and oxygen atoms in total. The number of aromatic nitrogens is 18. The Morgan fingerprint density at radius 3 is 1.27 bits per heavy atom. The molecule has 520 valence electrons. The number of benzene rings is 6. The fourth-order valence-corrected chi connectivity index (χ4v) is 19.2. The van der Waals surface area contributed by atoms with Crippen molar-refractivity contribution in [2.24, 2.45) is 49.1 Å².